The molecule has 0 aliphatic carbocycles. The Morgan fingerprint density at radius 3 is 2.47 bits per heavy atom. The highest BCUT2D eigenvalue weighted by Gasteiger charge is 2.51. The van der Waals surface area contributed by atoms with Crippen molar-refractivity contribution in [2.45, 2.75) is 59.3 Å². The Kier molecular flexibility index (Phi) is 7.77. The average Bonchev–Trinajstić information content (AvgIpc) is 2.76. The van der Waals surface area contributed by atoms with Gasteiger partial charge in [-0.15, -0.1) is 0 Å². The van der Waals surface area contributed by atoms with Crippen molar-refractivity contribution in [2.24, 2.45) is 11.8 Å². The number of rotatable bonds is 7. The van der Waals surface area contributed by atoms with Crippen LogP contribution in [-0.4, -0.2) is 76.6 Å². The first kappa shape index (κ1) is 24.0. The van der Waals surface area contributed by atoms with Gasteiger partial charge >= 0.3 is 6.03 Å². The van der Waals surface area contributed by atoms with E-state index in [1.165, 1.54) is 0 Å². The lowest BCUT2D eigenvalue weighted by Gasteiger charge is -2.55. The summed E-state index contributed by atoms with van der Waals surface area (Å²) >= 11 is 0. The zero-order chi connectivity index (χ0) is 23.4. The van der Waals surface area contributed by atoms with Crippen molar-refractivity contribution in [1.82, 2.24) is 25.1 Å². The Labute approximate surface area is 191 Å². The SMILES string of the molecule is CCC(C)[C@H]1C(=O)N(CCC(C)C)C[C@H]2N1C(=O)CN(C)N2C(=O)NCc1ccccc1. The number of benzene rings is 1. The first-order valence-electron chi connectivity index (χ1n) is 11.7. The van der Waals surface area contributed by atoms with E-state index in [0.717, 1.165) is 18.4 Å². The van der Waals surface area contributed by atoms with Gasteiger partial charge in [-0.3, -0.25) is 9.59 Å². The van der Waals surface area contributed by atoms with Gasteiger partial charge in [0.05, 0.1) is 13.1 Å². The Morgan fingerprint density at radius 1 is 1.16 bits per heavy atom. The van der Waals surface area contributed by atoms with Gasteiger partial charge in [-0.1, -0.05) is 64.4 Å². The number of hydrogen-bond acceptors (Lipinski definition) is 4. The van der Waals surface area contributed by atoms with Crippen molar-refractivity contribution >= 4 is 17.8 Å². The highest BCUT2D eigenvalue weighted by molar-refractivity contribution is 5.91. The van der Waals surface area contributed by atoms with Crippen LogP contribution < -0.4 is 5.32 Å². The van der Waals surface area contributed by atoms with Crippen molar-refractivity contribution in [3.05, 3.63) is 35.9 Å². The van der Waals surface area contributed by atoms with Crippen molar-refractivity contribution in [1.29, 1.82) is 0 Å². The number of hydrogen-bond donors (Lipinski definition) is 1. The first-order chi connectivity index (χ1) is 15.2. The number of carbonyl (C=O) groups excluding carboxylic acids is 3. The van der Waals surface area contributed by atoms with E-state index in [4.69, 9.17) is 0 Å². The van der Waals surface area contributed by atoms with Gasteiger partial charge in [-0.05, 0) is 23.8 Å². The van der Waals surface area contributed by atoms with E-state index in [9.17, 15) is 14.4 Å². The third-order valence-electron chi connectivity index (χ3n) is 6.53. The Morgan fingerprint density at radius 2 is 1.84 bits per heavy atom. The maximum atomic E-state index is 13.4. The van der Waals surface area contributed by atoms with Gasteiger partial charge in [0.1, 0.15) is 12.2 Å². The van der Waals surface area contributed by atoms with E-state index in [1.54, 1.807) is 22.0 Å². The molecule has 1 N–H and O–H groups in total. The van der Waals surface area contributed by atoms with E-state index >= 15 is 0 Å². The zero-order valence-corrected chi connectivity index (χ0v) is 20.0. The van der Waals surface area contributed by atoms with Crippen LogP contribution in [0.25, 0.3) is 0 Å². The minimum atomic E-state index is -0.545. The molecule has 32 heavy (non-hydrogen) atoms. The summed E-state index contributed by atoms with van der Waals surface area (Å²) in [6, 6.07) is 8.92. The Balaban J connectivity index is 1.86. The smallest absolute Gasteiger partial charge is 0.334 e. The molecule has 176 valence electrons. The van der Waals surface area contributed by atoms with Gasteiger partial charge in [-0.2, -0.15) is 0 Å². The van der Waals surface area contributed by atoms with Crippen LogP contribution in [0.2, 0.25) is 0 Å². The van der Waals surface area contributed by atoms with Crippen molar-refractivity contribution < 1.29 is 14.4 Å². The molecule has 2 aliphatic rings. The summed E-state index contributed by atoms with van der Waals surface area (Å²) in [7, 11) is 1.75. The molecule has 0 spiro atoms. The summed E-state index contributed by atoms with van der Waals surface area (Å²) in [5, 5.41) is 6.28. The number of hydrazine groups is 1. The van der Waals surface area contributed by atoms with Crippen molar-refractivity contribution in [3.63, 3.8) is 0 Å². The standard InChI is InChI=1S/C24H37N5O3/c1-6-18(4)22-23(31)27(13-12-17(2)3)15-20-28(22)21(30)16-26(5)29(20)24(32)25-14-19-10-8-7-9-11-19/h7-11,17-18,20,22H,6,12-16H2,1-5H3,(H,25,32)/t18?,20-,22-/m0/s1. The average molecular weight is 444 g/mol. The molecule has 0 aromatic heterocycles. The van der Waals surface area contributed by atoms with Crippen LogP contribution in [0, 0.1) is 11.8 Å². The van der Waals surface area contributed by atoms with E-state index < -0.39 is 12.2 Å². The maximum absolute atomic E-state index is 13.4. The van der Waals surface area contributed by atoms with E-state index in [-0.39, 0.29) is 30.3 Å². The zero-order valence-electron chi connectivity index (χ0n) is 20.0. The molecule has 1 unspecified atom stereocenters. The molecule has 2 aliphatic heterocycles. The molecule has 8 heteroatoms. The van der Waals surface area contributed by atoms with Crippen LogP contribution in [0.3, 0.4) is 0 Å². The highest BCUT2D eigenvalue weighted by Crippen LogP contribution is 2.30. The molecule has 4 amide bonds. The van der Waals surface area contributed by atoms with Crippen molar-refractivity contribution in [3.8, 4) is 0 Å². The normalized spacial score (nSPS) is 22.9. The molecule has 0 radical (unpaired) electrons. The van der Waals surface area contributed by atoms with Crippen LogP contribution in [-0.2, 0) is 16.1 Å². The third-order valence-corrected chi connectivity index (χ3v) is 6.53. The predicted molar refractivity (Wildman–Crippen MR) is 123 cm³/mol. The van der Waals surface area contributed by atoms with Crippen LogP contribution >= 0.6 is 0 Å². The summed E-state index contributed by atoms with van der Waals surface area (Å²) in [6.45, 7) is 9.74. The second kappa shape index (κ2) is 10.3. The van der Waals surface area contributed by atoms with E-state index in [0.29, 0.717) is 25.6 Å². The third kappa shape index (κ3) is 5.06. The lowest BCUT2D eigenvalue weighted by molar-refractivity contribution is -0.190. The number of nitrogens with zero attached hydrogens (tertiary/aromatic N) is 4. The minimum Gasteiger partial charge on any atom is -0.337 e. The van der Waals surface area contributed by atoms with E-state index in [2.05, 4.69) is 19.2 Å². The molecule has 1 aromatic carbocycles. The molecular weight excluding hydrogens is 406 g/mol. The van der Waals surface area contributed by atoms with E-state index in [1.807, 2.05) is 49.1 Å². The summed E-state index contributed by atoms with van der Waals surface area (Å²) in [5.74, 6) is 0.364. The van der Waals surface area contributed by atoms with Crippen LogP contribution in [0.4, 0.5) is 4.79 Å². The fourth-order valence-corrected chi connectivity index (χ4v) is 4.47. The van der Waals surface area contributed by atoms with Gasteiger partial charge in [0, 0.05) is 20.1 Å². The maximum Gasteiger partial charge on any atom is 0.334 e. The van der Waals surface area contributed by atoms with Crippen LogP contribution in [0.1, 0.15) is 46.1 Å². The van der Waals surface area contributed by atoms with Gasteiger partial charge in [0.15, 0.2) is 0 Å². The summed E-state index contributed by atoms with van der Waals surface area (Å²) in [6.07, 6.45) is 1.15. The highest BCUT2D eigenvalue weighted by atomic mass is 16.2. The minimum absolute atomic E-state index is 0.00111. The van der Waals surface area contributed by atoms with Gasteiger partial charge in [0.25, 0.3) is 0 Å². The second-order valence-electron chi connectivity index (χ2n) is 9.38. The molecule has 1 aromatic rings. The molecule has 2 heterocycles. The number of amides is 4. The number of fused-ring (bicyclic) bond motifs is 1. The largest absolute Gasteiger partial charge is 0.337 e. The number of piperazine rings is 1. The molecule has 3 rings (SSSR count). The number of urea groups is 1. The first-order valence-corrected chi connectivity index (χ1v) is 11.7. The molecule has 8 nitrogen and oxygen atoms in total. The van der Waals surface area contributed by atoms with Crippen LogP contribution in [0.5, 0.6) is 0 Å². The number of carbonyl (C=O) groups is 3. The molecule has 0 saturated carbocycles. The summed E-state index contributed by atoms with van der Waals surface area (Å²) in [5.41, 5.74) is 1.00. The molecule has 0 bridgehead atoms. The topological polar surface area (TPSA) is 76.2 Å². The van der Waals surface area contributed by atoms with Crippen molar-refractivity contribution in [2.75, 3.05) is 26.7 Å². The monoisotopic (exact) mass is 443 g/mol. The predicted octanol–water partition coefficient (Wildman–Crippen LogP) is 2.52. The molecule has 3 atom stereocenters. The summed E-state index contributed by atoms with van der Waals surface area (Å²) in [4.78, 5) is 43.3. The van der Waals surface area contributed by atoms with Gasteiger partial charge in [0.2, 0.25) is 11.8 Å². The second-order valence-corrected chi connectivity index (χ2v) is 9.38. The Bertz CT molecular complexity index is 815. The quantitative estimate of drug-likeness (QED) is 0.703. The van der Waals surface area contributed by atoms with Crippen LogP contribution in [0.15, 0.2) is 30.3 Å². The molecule has 2 saturated heterocycles. The number of likely N-dealkylation sites (N-methyl/N-ethyl adjacent to an activating group) is 1. The molecule has 2 fully saturated rings. The fraction of sp³-hybridized carbons (Fsp3) is 0.625. The van der Waals surface area contributed by atoms with Gasteiger partial charge in [-0.25, -0.2) is 14.8 Å². The summed E-state index contributed by atoms with van der Waals surface area (Å²) < 4.78 is 0. The fourth-order valence-electron chi connectivity index (χ4n) is 4.47. The number of nitrogens with one attached hydrogen (secondary N) is 1. The lowest BCUT2D eigenvalue weighted by Crippen LogP contribution is -2.76. The Hall–Kier alpha value is -2.61. The molecular formula is C24H37N5O3. The van der Waals surface area contributed by atoms with Gasteiger partial charge < -0.3 is 15.1 Å². The lowest BCUT2D eigenvalue weighted by atomic mass is 9.92.